The molecule has 1 amide bonds. The third-order valence-electron chi connectivity index (χ3n) is 3.96. The van der Waals surface area contributed by atoms with Gasteiger partial charge in [-0.05, 0) is 55.5 Å². The largest absolute Gasteiger partial charge is 0.378 e. The van der Waals surface area contributed by atoms with E-state index in [0.29, 0.717) is 11.4 Å². The van der Waals surface area contributed by atoms with Gasteiger partial charge in [0.25, 0.3) is 5.91 Å². The molecular weight excluding hydrogens is 324 g/mol. The topological polar surface area (TPSA) is 57.3 Å². The molecule has 3 aromatic rings. The van der Waals surface area contributed by atoms with Crippen LogP contribution in [-0.4, -0.2) is 25.0 Å². The Hall–Kier alpha value is -3.34. The number of carbonyl (C=O) groups is 1. The van der Waals surface area contributed by atoms with E-state index in [2.05, 4.69) is 20.5 Å². The van der Waals surface area contributed by atoms with Crippen molar-refractivity contribution in [1.82, 2.24) is 4.98 Å². The molecule has 0 saturated heterocycles. The molecule has 0 fully saturated rings. The van der Waals surface area contributed by atoms with E-state index in [9.17, 15) is 4.79 Å². The summed E-state index contributed by atoms with van der Waals surface area (Å²) < 4.78 is 0. The minimum atomic E-state index is -0.166. The fraction of sp³-hybridized carbons (Fsp3) is 0.143. The maximum Gasteiger partial charge on any atom is 0.256 e. The van der Waals surface area contributed by atoms with Gasteiger partial charge in [-0.1, -0.05) is 17.7 Å². The van der Waals surface area contributed by atoms with Crippen molar-refractivity contribution >= 4 is 28.8 Å². The Kier molecular flexibility index (Phi) is 5.17. The maximum absolute atomic E-state index is 12.3. The van der Waals surface area contributed by atoms with E-state index >= 15 is 0 Å². The molecule has 3 rings (SSSR count). The normalized spacial score (nSPS) is 10.3. The molecule has 0 atom stereocenters. The monoisotopic (exact) mass is 346 g/mol. The molecule has 5 heteroatoms. The fourth-order valence-corrected chi connectivity index (χ4v) is 2.53. The lowest BCUT2D eigenvalue weighted by Crippen LogP contribution is -2.13. The van der Waals surface area contributed by atoms with E-state index in [1.54, 1.807) is 18.3 Å². The minimum absolute atomic E-state index is 0.166. The average molecular weight is 346 g/mol. The number of carbonyl (C=O) groups excluding carboxylic acids is 1. The van der Waals surface area contributed by atoms with Gasteiger partial charge in [-0.25, -0.2) is 4.98 Å². The van der Waals surface area contributed by atoms with Gasteiger partial charge in [-0.3, -0.25) is 4.79 Å². The summed E-state index contributed by atoms with van der Waals surface area (Å²) in [5, 5.41) is 6.11. The molecule has 0 unspecified atom stereocenters. The highest BCUT2D eigenvalue weighted by molar-refractivity contribution is 6.03. The number of amides is 1. The van der Waals surface area contributed by atoms with Crippen LogP contribution < -0.4 is 15.5 Å². The van der Waals surface area contributed by atoms with E-state index in [1.165, 1.54) is 0 Å². The van der Waals surface area contributed by atoms with Crippen LogP contribution in [0, 0.1) is 6.92 Å². The summed E-state index contributed by atoms with van der Waals surface area (Å²) in [6.45, 7) is 1.96. The Labute approximate surface area is 153 Å². The first-order valence-electron chi connectivity index (χ1n) is 8.40. The van der Waals surface area contributed by atoms with E-state index < -0.39 is 0 Å². The Morgan fingerprint density at radius 2 is 1.69 bits per heavy atom. The van der Waals surface area contributed by atoms with Crippen LogP contribution in [0.2, 0.25) is 0 Å². The molecule has 2 aromatic carbocycles. The lowest BCUT2D eigenvalue weighted by Gasteiger charge is -2.13. The maximum atomic E-state index is 12.3. The summed E-state index contributed by atoms with van der Waals surface area (Å²) >= 11 is 0. The highest BCUT2D eigenvalue weighted by atomic mass is 16.1. The van der Waals surface area contributed by atoms with Crippen LogP contribution in [0.15, 0.2) is 66.9 Å². The standard InChI is InChI=1S/C21H22N4O/c1-15-5-4-6-16(13-15)21(26)24-20-12-9-18(14-22-20)23-17-7-10-19(11-8-17)25(2)3/h4-14,23H,1-3H3,(H,22,24,26). The van der Waals surface area contributed by atoms with Crippen molar-refractivity contribution in [2.24, 2.45) is 0 Å². The number of hydrogen-bond donors (Lipinski definition) is 2. The van der Waals surface area contributed by atoms with Gasteiger partial charge in [0.15, 0.2) is 0 Å². The van der Waals surface area contributed by atoms with Crippen LogP contribution in [0.4, 0.5) is 22.9 Å². The van der Waals surface area contributed by atoms with Gasteiger partial charge >= 0.3 is 0 Å². The number of benzene rings is 2. The molecule has 0 saturated carbocycles. The molecule has 1 aromatic heterocycles. The first-order chi connectivity index (χ1) is 12.5. The second-order valence-corrected chi connectivity index (χ2v) is 6.32. The Morgan fingerprint density at radius 1 is 0.962 bits per heavy atom. The molecule has 26 heavy (non-hydrogen) atoms. The molecular formula is C21H22N4O. The number of hydrogen-bond acceptors (Lipinski definition) is 4. The van der Waals surface area contributed by atoms with Crippen molar-refractivity contribution in [3.8, 4) is 0 Å². The molecule has 0 spiro atoms. The van der Waals surface area contributed by atoms with Gasteiger partial charge in [0.1, 0.15) is 5.82 Å². The number of aromatic nitrogens is 1. The van der Waals surface area contributed by atoms with Gasteiger partial charge in [0, 0.05) is 31.0 Å². The molecule has 5 nitrogen and oxygen atoms in total. The van der Waals surface area contributed by atoms with Crippen molar-refractivity contribution in [2.75, 3.05) is 29.6 Å². The quantitative estimate of drug-likeness (QED) is 0.716. The summed E-state index contributed by atoms with van der Waals surface area (Å²) in [5.74, 6) is 0.353. The lowest BCUT2D eigenvalue weighted by atomic mass is 10.1. The molecule has 132 valence electrons. The molecule has 0 aliphatic heterocycles. The summed E-state index contributed by atoms with van der Waals surface area (Å²) in [6.07, 6.45) is 1.70. The second-order valence-electron chi connectivity index (χ2n) is 6.32. The third kappa shape index (κ3) is 4.39. The molecule has 0 bridgehead atoms. The summed E-state index contributed by atoms with van der Waals surface area (Å²) in [6, 6.07) is 19.3. The van der Waals surface area contributed by atoms with E-state index in [-0.39, 0.29) is 5.91 Å². The predicted octanol–water partition coefficient (Wildman–Crippen LogP) is 4.45. The van der Waals surface area contributed by atoms with E-state index in [1.807, 2.05) is 69.6 Å². The predicted molar refractivity (Wildman–Crippen MR) is 107 cm³/mol. The van der Waals surface area contributed by atoms with E-state index in [0.717, 1.165) is 22.6 Å². The third-order valence-corrected chi connectivity index (χ3v) is 3.96. The summed E-state index contributed by atoms with van der Waals surface area (Å²) in [5.41, 5.74) is 4.65. The Morgan fingerprint density at radius 3 is 2.31 bits per heavy atom. The van der Waals surface area contributed by atoms with Crippen LogP contribution in [0.5, 0.6) is 0 Å². The first-order valence-corrected chi connectivity index (χ1v) is 8.40. The van der Waals surface area contributed by atoms with Crippen LogP contribution in [-0.2, 0) is 0 Å². The first kappa shape index (κ1) is 17.5. The van der Waals surface area contributed by atoms with Gasteiger partial charge in [-0.2, -0.15) is 0 Å². The van der Waals surface area contributed by atoms with E-state index in [4.69, 9.17) is 0 Å². The summed E-state index contributed by atoms with van der Waals surface area (Å²) in [7, 11) is 4.02. The van der Waals surface area contributed by atoms with Gasteiger partial charge in [-0.15, -0.1) is 0 Å². The zero-order valence-corrected chi connectivity index (χ0v) is 15.2. The lowest BCUT2D eigenvalue weighted by molar-refractivity contribution is 0.102. The molecule has 0 radical (unpaired) electrons. The van der Waals surface area contributed by atoms with Crippen molar-refractivity contribution in [3.63, 3.8) is 0 Å². The number of rotatable bonds is 5. The number of anilines is 4. The van der Waals surface area contributed by atoms with Crippen LogP contribution in [0.3, 0.4) is 0 Å². The number of pyridine rings is 1. The van der Waals surface area contributed by atoms with Crippen LogP contribution >= 0.6 is 0 Å². The zero-order chi connectivity index (χ0) is 18.5. The molecule has 0 aliphatic rings. The van der Waals surface area contributed by atoms with Gasteiger partial charge in [0.2, 0.25) is 0 Å². The number of nitrogens with zero attached hydrogens (tertiary/aromatic N) is 2. The van der Waals surface area contributed by atoms with Crippen molar-refractivity contribution < 1.29 is 4.79 Å². The SMILES string of the molecule is Cc1cccc(C(=O)Nc2ccc(Nc3ccc(N(C)C)cc3)cn2)c1. The zero-order valence-electron chi connectivity index (χ0n) is 15.2. The molecule has 1 heterocycles. The summed E-state index contributed by atoms with van der Waals surface area (Å²) in [4.78, 5) is 18.6. The van der Waals surface area contributed by atoms with Crippen LogP contribution in [0.1, 0.15) is 15.9 Å². The highest BCUT2D eigenvalue weighted by Gasteiger charge is 2.07. The Balaban J connectivity index is 1.64. The highest BCUT2D eigenvalue weighted by Crippen LogP contribution is 2.20. The van der Waals surface area contributed by atoms with Crippen molar-refractivity contribution in [1.29, 1.82) is 0 Å². The smallest absolute Gasteiger partial charge is 0.256 e. The molecule has 0 aliphatic carbocycles. The number of aryl methyl sites for hydroxylation is 1. The Bertz CT molecular complexity index is 887. The second kappa shape index (κ2) is 7.70. The average Bonchev–Trinajstić information content (AvgIpc) is 2.64. The minimum Gasteiger partial charge on any atom is -0.378 e. The fourth-order valence-electron chi connectivity index (χ4n) is 2.53. The van der Waals surface area contributed by atoms with Gasteiger partial charge in [0.05, 0.1) is 11.9 Å². The van der Waals surface area contributed by atoms with Gasteiger partial charge < -0.3 is 15.5 Å². The van der Waals surface area contributed by atoms with Crippen molar-refractivity contribution in [2.45, 2.75) is 6.92 Å². The van der Waals surface area contributed by atoms with Crippen molar-refractivity contribution in [3.05, 3.63) is 78.0 Å². The number of nitrogens with one attached hydrogen (secondary N) is 2. The molecule has 2 N–H and O–H groups in total. The van der Waals surface area contributed by atoms with Crippen LogP contribution in [0.25, 0.3) is 0 Å².